The van der Waals surface area contributed by atoms with E-state index in [1.807, 2.05) is 42.8 Å². The van der Waals surface area contributed by atoms with E-state index in [1.165, 1.54) is 3.97 Å². The van der Waals surface area contributed by atoms with Crippen molar-refractivity contribution < 1.29 is 8.42 Å². The number of para-hydroxylation sites is 1. The molecule has 0 spiro atoms. The number of fused-ring (bicyclic) bond motifs is 2. The van der Waals surface area contributed by atoms with Crippen molar-refractivity contribution in [1.29, 1.82) is 0 Å². The van der Waals surface area contributed by atoms with Crippen molar-refractivity contribution in [3.63, 3.8) is 0 Å². The van der Waals surface area contributed by atoms with Crippen LogP contribution >= 0.6 is 11.8 Å². The summed E-state index contributed by atoms with van der Waals surface area (Å²) in [6.45, 7) is 2.30. The fraction of sp³-hybridized carbons (Fsp3) is 0.217. The van der Waals surface area contributed by atoms with E-state index in [0.29, 0.717) is 12.1 Å². The summed E-state index contributed by atoms with van der Waals surface area (Å²) >= 11 is 1.55. The van der Waals surface area contributed by atoms with Gasteiger partial charge in [-0.05, 0) is 30.0 Å². The van der Waals surface area contributed by atoms with Gasteiger partial charge in [0.1, 0.15) is 0 Å². The quantitative estimate of drug-likeness (QED) is 0.339. The molecule has 0 fully saturated rings. The fourth-order valence-corrected chi connectivity index (χ4v) is 5.85. The first-order valence-corrected chi connectivity index (χ1v) is 12.7. The molecular formula is C23H22N4O2S2. The molecule has 3 heterocycles. The Balaban J connectivity index is 1.49. The van der Waals surface area contributed by atoms with Gasteiger partial charge in [0, 0.05) is 49.4 Å². The average molecular weight is 451 g/mol. The maximum absolute atomic E-state index is 13.3. The summed E-state index contributed by atoms with van der Waals surface area (Å²) in [6.07, 6.45) is 6.54. The molecule has 0 N–H and O–H groups in total. The summed E-state index contributed by atoms with van der Waals surface area (Å²) in [5.41, 5.74) is 3.96. The molecule has 1 aliphatic rings. The lowest BCUT2D eigenvalue weighted by atomic mass is 10.1. The smallest absolute Gasteiger partial charge is 0.268 e. The number of benzene rings is 2. The predicted molar refractivity (Wildman–Crippen MR) is 123 cm³/mol. The maximum atomic E-state index is 13.3. The van der Waals surface area contributed by atoms with Gasteiger partial charge in [-0.3, -0.25) is 4.90 Å². The van der Waals surface area contributed by atoms with E-state index in [4.69, 9.17) is 0 Å². The van der Waals surface area contributed by atoms with Gasteiger partial charge in [-0.25, -0.2) is 22.4 Å². The van der Waals surface area contributed by atoms with Gasteiger partial charge in [-0.15, -0.1) is 0 Å². The van der Waals surface area contributed by atoms with Gasteiger partial charge >= 0.3 is 0 Å². The number of nitrogens with zero attached hydrogens (tertiary/aromatic N) is 4. The van der Waals surface area contributed by atoms with E-state index in [-0.39, 0.29) is 4.90 Å². The Bertz CT molecular complexity index is 1350. The first kappa shape index (κ1) is 20.2. The molecule has 4 aromatic rings. The number of thioether (sulfide) groups is 1. The molecule has 0 atom stereocenters. The minimum absolute atomic E-state index is 0.288. The van der Waals surface area contributed by atoms with Crippen molar-refractivity contribution in [1.82, 2.24) is 18.8 Å². The van der Waals surface area contributed by atoms with Crippen molar-refractivity contribution in [2.45, 2.75) is 29.6 Å². The molecule has 31 heavy (non-hydrogen) atoms. The topological polar surface area (TPSA) is 68.1 Å². The SMILES string of the molecule is CSc1ncc2c(n1)CCN(Cc1cn(S(=O)(=O)c3ccccc3)c3ccccc13)C2. The van der Waals surface area contributed by atoms with E-state index in [2.05, 4.69) is 14.9 Å². The normalized spacial score (nSPS) is 14.6. The van der Waals surface area contributed by atoms with Crippen LogP contribution < -0.4 is 0 Å². The van der Waals surface area contributed by atoms with Gasteiger partial charge in [0.15, 0.2) is 5.16 Å². The molecule has 0 unspecified atom stereocenters. The molecule has 0 saturated heterocycles. The molecule has 8 heteroatoms. The third-order valence-corrected chi connectivity index (χ3v) is 7.88. The third kappa shape index (κ3) is 3.75. The van der Waals surface area contributed by atoms with Crippen molar-refractivity contribution in [3.05, 3.63) is 83.8 Å². The Morgan fingerprint density at radius 3 is 2.65 bits per heavy atom. The lowest BCUT2D eigenvalue weighted by Crippen LogP contribution is -2.30. The highest BCUT2D eigenvalue weighted by atomic mass is 32.2. The predicted octanol–water partition coefficient (Wildman–Crippen LogP) is 3.95. The van der Waals surface area contributed by atoms with Gasteiger partial charge in [-0.1, -0.05) is 48.2 Å². The number of hydrogen-bond acceptors (Lipinski definition) is 6. The van der Waals surface area contributed by atoms with Gasteiger partial charge in [0.05, 0.1) is 16.1 Å². The molecule has 0 saturated carbocycles. The highest BCUT2D eigenvalue weighted by Gasteiger charge is 2.23. The van der Waals surface area contributed by atoms with E-state index >= 15 is 0 Å². The van der Waals surface area contributed by atoms with E-state index in [9.17, 15) is 8.42 Å². The molecule has 0 amide bonds. The second kappa shape index (κ2) is 8.11. The van der Waals surface area contributed by atoms with Crippen molar-refractivity contribution >= 4 is 32.7 Å². The Morgan fingerprint density at radius 1 is 1.06 bits per heavy atom. The molecule has 0 bridgehead atoms. The molecule has 0 aliphatic carbocycles. The molecule has 2 aromatic heterocycles. The van der Waals surface area contributed by atoms with Crippen molar-refractivity contribution in [2.75, 3.05) is 12.8 Å². The zero-order valence-electron chi connectivity index (χ0n) is 17.1. The molecule has 6 nitrogen and oxygen atoms in total. The first-order valence-electron chi connectivity index (χ1n) is 10.1. The molecule has 1 aliphatic heterocycles. The van der Waals surface area contributed by atoms with E-state index < -0.39 is 10.0 Å². The minimum atomic E-state index is -3.67. The monoisotopic (exact) mass is 450 g/mol. The Kier molecular flexibility index (Phi) is 5.29. The van der Waals surface area contributed by atoms with Crippen LogP contribution in [-0.4, -0.2) is 40.1 Å². The summed E-state index contributed by atoms with van der Waals surface area (Å²) in [5, 5.41) is 1.77. The van der Waals surface area contributed by atoms with Gasteiger partial charge in [-0.2, -0.15) is 0 Å². The van der Waals surface area contributed by atoms with Crippen molar-refractivity contribution in [3.8, 4) is 0 Å². The largest absolute Gasteiger partial charge is 0.294 e. The van der Waals surface area contributed by atoms with Crippen LogP contribution in [-0.2, 0) is 29.5 Å². The standard InChI is InChI=1S/C23H22N4O2S2/c1-30-23-24-13-17-14-26(12-11-21(17)25-23)15-18-16-27(22-10-6-5-9-20(18)22)31(28,29)19-7-3-2-4-8-19/h2-10,13,16H,11-12,14-15H2,1H3. The zero-order chi connectivity index (χ0) is 21.4. The first-order chi connectivity index (χ1) is 15.1. The van der Waals surface area contributed by atoms with Crippen LogP contribution in [0.2, 0.25) is 0 Å². The van der Waals surface area contributed by atoms with Gasteiger partial charge < -0.3 is 0 Å². The molecule has 2 aromatic carbocycles. The van der Waals surface area contributed by atoms with Gasteiger partial charge in [0.2, 0.25) is 0 Å². The summed E-state index contributed by atoms with van der Waals surface area (Å²) in [4.78, 5) is 11.7. The average Bonchev–Trinajstić information content (AvgIpc) is 3.18. The van der Waals surface area contributed by atoms with Crippen molar-refractivity contribution in [2.24, 2.45) is 0 Å². The third-order valence-electron chi connectivity index (χ3n) is 5.63. The van der Waals surface area contributed by atoms with Crippen LogP contribution in [0.4, 0.5) is 0 Å². The second-order valence-corrected chi connectivity index (χ2v) is 10.2. The fourth-order valence-electron chi connectivity index (χ4n) is 4.08. The lowest BCUT2D eigenvalue weighted by Gasteiger charge is -2.27. The van der Waals surface area contributed by atoms with E-state index in [0.717, 1.165) is 46.9 Å². The van der Waals surface area contributed by atoms with Crippen LogP contribution in [0.25, 0.3) is 10.9 Å². The van der Waals surface area contributed by atoms with Crippen LogP contribution in [0, 0.1) is 0 Å². The summed E-state index contributed by atoms with van der Waals surface area (Å²) in [5.74, 6) is 0. The van der Waals surface area contributed by atoms with Crippen LogP contribution in [0.15, 0.2) is 77.0 Å². The number of aromatic nitrogens is 3. The number of hydrogen-bond donors (Lipinski definition) is 0. The maximum Gasteiger partial charge on any atom is 0.268 e. The zero-order valence-corrected chi connectivity index (χ0v) is 18.7. The molecule has 5 rings (SSSR count). The second-order valence-electron chi connectivity index (χ2n) is 7.57. The Hall–Kier alpha value is -2.68. The molecule has 0 radical (unpaired) electrons. The summed E-state index contributed by atoms with van der Waals surface area (Å²) < 4.78 is 28.0. The molecular weight excluding hydrogens is 428 g/mol. The van der Waals surface area contributed by atoms with Crippen LogP contribution in [0.5, 0.6) is 0 Å². The Labute approximate surface area is 186 Å². The van der Waals surface area contributed by atoms with E-state index in [1.54, 1.807) is 42.2 Å². The van der Waals surface area contributed by atoms with Crippen LogP contribution in [0.1, 0.15) is 16.8 Å². The van der Waals surface area contributed by atoms with Gasteiger partial charge in [0.25, 0.3) is 10.0 Å². The number of rotatable bonds is 5. The lowest BCUT2D eigenvalue weighted by molar-refractivity contribution is 0.243. The minimum Gasteiger partial charge on any atom is -0.294 e. The highest BCUT2D eigenvalue weighted by molar-refractivity contribution is 7.98. The molecule has 158 valence electrons. The summed E-state index contributed by atoms with van der Waals surface area (Å²) in [6, 6.07) is 16.3. The highest BCUT2D eigenvalue weighted by Crippen LogP contribution is 2.28. The Morgan fingerprint density at radius 2 is 1.84 bits per heavy atom. The van der Waals surface area contributed by atoms with Crippen LogP contribution in [0.3, 0.4) is 0 Å². The summed E-state index contributed by atoms with van der Waals surface area (Å²) in [7, 11) is -3.67.